The third kappa shape index (κ3) is 2.84. The number of H-pyrrole nitrogens is 1. The van der Waals surface area contributed by atoms with E-state index in [2.05, 4.69) is 14.5 Å². The van der Waals surface area contributed by atoms with Gasteiger partial charge in [-0.1, -0.05) is 18.2 Å². The van der Waals surface area contributed by atoms with E-state index in [1.54, 1.807) is 0 Å². The Balaban J connectivity index is 1.62. The van der Waals surface area contributed by atoms with Gasteiger partial charge in [0.1, 0.15) is 0 Å². The van der Waals surface area contributed by atoms with Crippen LogP contribution in [-0.2, 0) is 11.3 Å². The minimum Gasteiger partial charge on any atom is -0.505 e. The van der Waals surface area contributed by atoms with E-state index in [0.29, 0.717) is 52.7 Å². The number of Topliss-reactive ketones (excluding diaryl/α,β-unsaturated/α-hetero) is 2. The van der Waals surface area contributed by atoms with E-state index in [1.807, 2.05) is 24.3 Å². The highest BCUT2D eigenvalue weighted by molar-refractivity contribution is 6.40. The molecule has 0 saturated carbocycles. The second kappa shape index (κ2) is 7.37. The highest BCUT2D eigenvalue weighted by Crippen LogP contribution is 2.45. The number of carbonyl (C=O) groups excluding carboxylic acids is 2. The number of phenolic OH excluding ortho intramolecular Hbond substituents is 1. The highest BCUT2D eigenvalue weighted by atomic mass is 19.1. The number of aromatic hydroxyl groups is 1. The standard InChI is InChI=1S/C27H22FN3O4/c28-16-11-15-17(12-19(16)32)29-26-22(15)24-20(33)13-21(34)25(24)23-14-3-1-2-4-18(14)31(27(23)26)6-5-30-7-9-35-10-8-30/h1-4,11-12,29,32H,5-10,13H2. The second-order valence-electron chi connectivity index (χ2n) is 9.34. The van der Waals surface area contributed by atoms with E-state index in [-0.39, 0.29) is 18.0 Å². The Morgan fingerprint density at radius 2 is 1.71 bits per heavy atom. The molecule has 5 aromatic rings. The van der Waals surface area contributed by atoms with Crippen LogP contribution < -0.4 is 0 Å². The average Bonchev–Trinajstić information content (AvgIpc) is 3.48. The molecule has 3 heterocycles. The van der Waals surface area contributed by atoms with Crippen LogP contribution in [0.5, 0.6) is 5.75 Å². The van der Waals surface area contributed by atoms with Crippen molar-refractivity contribution in [1.82, 2.24) is 14.5 Å². The van der Waals surface area contributed by atoms with Gasteiger partial charge in [0.25, 0.3) is 0 Å². The summed E-state index contributed by atoms with van der Waals surface area (Å²) in [5, 5.41) is 12.7. The van der Waals surface area contributed by atoms with Crippen molar-refractivity contribution in [1.29, 1.82) is 0 Å². The van der Waals surface area contributed by atoms with E-state index in [1.165, 1.54) is 12.1 Å². The predicted octanol–water partition coefficient (Wildman–Crippen LogP) is 4.38. The van der Waals surface area contributed by atoms with Gasteiger partial charge in [-0.3, -0.25) is 14.5 Å². The van der Waals surface area contributed by atoms with E-state index in [4.69, 9.17) is 4.74 Å². The zero-order valence-electron chi connectivity index (χ0n) is 18.9. The van der Waals surface area contributed by atoms with Gasteiger partial charge in [0.2, 0.25) is 0 Å². The molecule has 1 aliphatic heterocycles. The van der Waals surface area contributed by atoms with Gasteiger partial charge in [0.05, 0.1) is 36.2 Å². The Kier molecular flexibility index (Phi) is 4.34. The maximum atomic E-state index is 14.4. The Hall–Kier alpha value is -3.75. The van der Waals surface area contributed by atoms with Crippen LogP contribution in [0.25, 0.3) is 43.6 Å². The third-order valence-electron chi connectivity index (χ3n) is 7.45. The van der Waals surface area contributed by atoms with Gasteiger partial charge < -0.3 is 19.4 Å². The van der Waals surface area contributed by atoms with Crippen LogP contribution >= 0.6 is 0 Å². The van der Waals surface area contributed by atoms with Gasteiger partial charge in [-0.15, -0.1) is 0 Å². The maximum Gasteiger partial charge on any atom is 0.172 e. The molecule has 0 atom stereocenters. The van der Waals surface area contributed by atoms with Crippen molar-refractivity contribution in [2.45, 2.75) is 13.0 Å². The molecule has 0 amide bonds. The van der Waals surface area contributed by atoms with Crippen molar-refractivity contribution >= 4 is 55.2 Å². The quantitative estimate of drug-likeness (QED) is 0.382. The van der Waals surface area contributed by atoms with Crippen molar-refractivity contribution < 1.29 is 23.8 Å². The van der Waals surface area contributed by atoms with Crippen LogP contribution in [0.3, 0.4) is 0 Å². The number of phenols is 1. The largest absolute Gasteiger partial charge is 0.505 e. The summed E-state index contributed by atoms with van der Waals surface area (Å²) in [5.74, 6) is -1.69. The van der Waals surface area contributed by atoms with Crippen molar-refractivity contribution in [2.24, 2.45) is 0 Å². The van der Waals surface area contributed by atoms with Crippen LogP contribution in [-0.4, -0.2) is 64.0 Å². The molecular formula is C27H22FN3O4. The SMILES string of the molecule is O=C1CC(=O)c2c1c1c3cc(F)c(O)cc3[nH]c1c1c2c2ccccc2n1CCN1CCOCC1. The summed E-state index contributed by atoms with van der Waals surface area (Å²) < 4.78 is 22.1. The Morgan fingerprint density at radius 3 is 2.51 bits per heavy atom. The number of ketones is 2. The zero-order valence-corrected chi connectivity index (χ0v) is 18.9. The molecular weight excluding hydrogens is 449 g/mol. The fraction of sp³-hybridized carbons (Fsp3) is 0.259. The van der Waals surface area contributed by atoms with Crippen LogP contribution in [0.15, 0.2) is 36.4 Å². The number of rotatable bonds is 3. The number of aromatic amines is 1. The summed E-state index contributed by atoms with van der Waals surface area (Å²) in [6, 6.07) is 10.5. The number of morpholine rings is 1. The molecule has 7 rings (SSSR count). The first-order valence-corrected chi connectivity index (χ1v) is 11.8. The van der Waals surface area contributed by atoms with Crippen molar-refractivity contribution in [2.75, 3.05) is 32.8 Å². The van der Waals surface area contributed by atoms with Gasteiger partial charge in [-0.2, -0.15) is 0 Å². The number of halogens is 1. The number of ether oxygens (including phenoxy) is 1. The molecule has 0 bridgehead atoms. The lowest BCUT2D eigenvalue weighted by atomic mass is 9.96. The van der Waals surface area contributed by atoms with Gasteiger partial charge in [0.15, 0.2) is 23.1 Å². The molecule has 0 spiro atoms. The summed E-state index contributed by atoms with van der Waals surface area (Å²) in [5.41, 5.74) is 3.78. The van der Waals surface area contributed by atoms with Gasteiger partial charge in [-0.05, 0) is 12.1 Å². The molecule has 0 unspecified atom stereocenters. The topological polar surface area (TPSA) is 87.6 Å². The lowest BCUT2D eigenvalue weighted by Gasteiger charge is -2.27. The molecule has 3 aromatic carbocycles. The summed E-state index contributed by atoms with van der Waals surface area (Å²) >= 11 is 0. The summed E-state index contributed by atoms with van der Waals surface area (Å²) in [4.78, 5) is 32.0. The van der Waals surface area contributed by atoms with Crippen LogP contribution in [0.1, 0.15) is 27.1 Å². The van der Waals surface area contributed by atoms with E-state index in [0.717, 1.165) is 41.4 Å². The fourth-order valence-electron chi connectivity index (χ4n) is 5.89. The Morgan fingerprint density at radius 1 is 0.971 bits per heavy atom. The molecule has 2 N–H and O–H groups in total. The summed E-state index contributed by atoms with van der Waals surface area (Å²) in [6.07, 6.45) is -0.190. The van der Waals surface area contributed by atoms with Crippen LogP contribution in [0, 0.1) is 5.82 Å². The first kappa shape index (κ1) is 20.6. The van der Waals surface area contributed by atoms with Gasteiger partial charge in [-0.25, -0.2) is 4.39 Å². The number of fused-ring (bicyclic) bond motifs is 10. The Bertz CT molecular complexity index is 1730. The predicted molar refractivity (Wildman–Crippen MR) is 131 cm³/mol. The second-order valence-corrected chi connectivity index (χ2v) is 9.34. The molecule has 1 saturated heterocycles. The van der Waals surface area contributed by atoms with Crippen molar-refractivity contribution in [3.05, 3.63) is 53.3 Å². The van der Waals surface area contributed by atoms with Crippen molar-refractivity contribution in [3.8, 4) is 5.75 Å². The average molecular weight is 471 g/mol. The lowest BCUT2D eigenvalue weighted by molar-refractivity contribution is 0.0366. The van der Waals surface area contributed by atoms with E-state index >= 15 is 0 Å². The monoisotopic (exact) mass is 471 g/mol. The molecule has 2 aliphatic rings. The minimum atomic E-state index is -0.767. The summed E-state index contributed by atoms with van der Waals surface area (Å²) in [7, 11) is 0. The number of nitrogens with zero attached hydrogens (tertiary/aromatic N) is 2. The lowest BCUT2D eigenvalue weighted by Crippen LogP contribution is -2.38. The van der Waals surface area contributed by atoms with Gasteiger partial charge >= 0.3 is 0 Å². The zero-order chi connectivity index (χ0) is 23.8. The van der Waals surface area contributed by atoms with Gasteiger partial charge in [0, 0.05) is 70.4 Å². The first-order chi connectivity index (χ1) is 17.0. The van der Waals surface area contributed by atoms with Crippen LogP contribution in [0.4, 0.5) is 4.39 Å². The molecule has 1 aliphatic carbocycles. The number of nitrogens with one attached hydrogen (secondary N) is 1. The molecule has 1 fully saturated rings. The number of hydrogen-bond donors (Lipinski definition) is 2. The normalized spacial score (nSPS) is 16.9. The molecule has 176 valence electrons. The van der Waals surface area contributed by atoms with Crippen molar-refractivity contribution in [3.63, 3.8) is 0 Å². The molecule has 8 heteroatoms. The number of benzene rings is 3. The molecule has 0 radical (unpaired) electrons. The van der Waals surface area contributed by atoms with E-state index in [9.17, 15) is 19.1 Å². The van der Waals surface area contributed by atoms with Crippen LogP contribution in [0.2, 0.25) is 0 Å². The molecule has 2 aromatic heterocycles. The first-order valence-electron chi connectivity index (χ1n) is 11.8. The molecule has 7 nitrogen and oxygen atoms in total. The number of para-hydroxylation sites is 1. The highest BCUT2D eigenvalue weighted by Gasteiger charge is 2.36. The Labute approximate surface area is 198 Å². The molecule has 35 heavy (non-hydrogen) atoms. The van der Waals surface area contributed by atoms with E-state index < -0.39 is 11.6 Å². The fourth-order valence-corrected chi connectivity index (χ4v) is 5.89. The smallest absolute Gasteiger partial charge is 0.172 e. The maximum absolute atomic E-state index is 14.4. The number of carbonyl (C=O) groups is 2. The summed E-state index contributed by atoms with van der Waals surface area (Å²) in [6.45, 7) is 4.62. The number of hydrogen-bond acceptors (Lipinski definition) is 5. The third-order valence-corrected chi connectivity index (χ3v) is 7.45. The minimum absolute atomic E-state index is 0.190. The number of aromatic nitrogens is 2.